The minimum atomic E-state index is -0.490. The monoisotopic (exact) mass is 488 g/mol. The van der Waals surface area contributed by atoms with Gasteiger partial charge in [0, 0.05) is 34.4 Å². The Morgan fingerprint density at radius 2 is 1.94 bits per heavy atom. The van der Waals surface area contributed by atoms with Crippen LogP contribution in [0.15, 0.2) is 83.9 Å². The highest BCUT2D eigenvalue weighted by atomic mass is 35.5. The topological polar surface area (TPSA) is 79.9 Å². The number of aromatic nitrogens is 2. The maximum absolute atomic E-state index is 12.7. The minimum Gasteiger partial charge on any atom is -0.494 e. The number of nitriles is 1. The van der Waals surface area contributed by atoms with Gasteiger partial charge in [0.2, 0.25) is 0 Å². The first-order chi connectivity index (χ1) is 16.6. The van der Waals surface area contributed by atoms with Crippen LogP contribution in [0.3, 0.4) is 0 Å². The highest BCUT2D eigenvalue weighted by Crippen LogP contribution is 2.25. The van der Waals surface area contributed by atoms with Gasteiger partial charge in [0.1, 0.15) is 17.4 Å². The number of thiazole rings is 1. The predicted octanol–water partition coefficient (Wildman–Crippen LogP) is 6.28. The van der Waals surface area contributed by atoms with E-state index in [2.05, 4.69) is 10.3 Å². The molecule has 0 fully saturated rings. The number of amides is 1. The smallest absolute Gasteiger partial charge is 0.268 e. The molecule has 4 rings (SSSR count). The van der Waals surface area contributed by atoms with Gasteiger partial charge in [-0.05, 0) is 48.9 Å². The Hall–Kier alpha value is -3.86. The number of anilines is 1. The van der Waals surface area contributed by atoms with Crippen LogP contribution in [-0.2, 0) is 11.3 Å². The van der Waals surface area contributed by atoms with Crippen molar-refractivity contribution in [3.05, 3.63) is 94.6 Å². The number of carbonyl (C=O) groups is 1. The van der Waals surface area contributed by atoms with Gasteiger partial charge in [0.25, 0.3) is 5.91 Å². The van der Waals surface area contributed by atoms with E-state index in [4.69, 9.17) is 16.3 Å². The predicted molar refractivity (Wildman–Crippen MR) is 136 cm³/mol. The van der Waals surface area contributed by atoms with Crippen molar-refractivity contribution in [3.63, 3.8) is 0 Å². The normalized spacial score (nSPS) is 11.1. The third-order valence-corrected chi connectivity index (χ3v) is 5.95. The van der Waals surface area contributed by atoms with Crippen LogP contribution < -0.4 is 10.1 Å². The fourth-order valence-corrected chi connectivity index (χ4v) is 4.09. The molecule has 170 valence electrons. The molecule has 4 aromatic rings. The fourth-order valence-electron chi connectivity index (χ4n) is 3.25. The van der Waals surface area contributed by atoms with Crippen LogP contribution in [0.25, 0.3) is 17.3 Å². The molecule has 0 aliphatic rings. The first-order valence-corrected chi connectivity index (χ1v) is 11.9. The van der Waals surface area contributed by atoms with E-state index >= 15 is 0 Å². The van der Waals surface area contributed by atoms with Crippen LogP contribution in [0.1, 0.15) is 12.1 Å². The Morgan fingerprint density at radius 3 is 2.71 bits per heavy atom. The van der Waals surface area contributed by atoms with Crippen molar-refractivity contribution in [2.75, 3.05) is 11.9 Å². The molecule has 34 heavy (non-hydrogen) atoms. The second-order valence-electron chi connectivity index (χ2n) is 7.31. The molecule has 0 aliphatic carbocycles. The van der Waals surface area contributed by atoms with E-state index in [0.29, 0.717) is 23.3 Å². The number of hydrogen-bond donors (Lipinski definition) is 1. The first-order valence-electron chi connectivity index (χ1n) is 10.6. The second kappa shape index (κ2) is 11.3. The quantitative estimate of drug-likeness (QED) is 0.171. The Bertz CT molecular complexity index is 1320. The molecule has 0 aliphatic heterocycles. The molecule has 0 saturated heterocycles. The van der Waals surface area contributed by atoms with Gasteiger partial charge in [-0.3, -0.25) is 10.1 Å². The van der Waals surface area contributed by atoms with Gasteiger partial charge in [-0.15, -0.1) is 11.3 Å². The summed E-state index contributed by atoms with van der Waals surface area (Å²) in [7, 11) is 0. The van der Waals surface area contributed by atoms with Gasteiger partial charge in [-0.1, -0.05) is 41.9 Å². The molecule has 1 N–H and O–H groups in total. The largest absolute Gasteiger partial charge is 0.494 e. The number of benzene rings is 2. The van der Waals surface area contributed by atoms with Gasteiger partial charge in [0.05, 0.1) is 12.3 Å². The number of ether oxygens (including phenoxy) is 1. The average molecular weight is 489 g/mol. The van der Waals surface area contributed by atoms with Crippen LogP contribution in [0.2, 0.25) is 5.02 Å². The number of nitrogens with zero attached hydrogens (tertiary/aromatic N) is 3. The fraction of sp³-hybridized carbons (Fsp3) is 0.115. The zero-order valence-electron chi connectivity index (χ0n) is 18.1. The van der Waals surface area contributed by atoms with Crippen molar-refractivity contribution < 1.29 is 9.53 Å². The number of carbonyl (C=O) groups excluding carboxylic acids is 1. The van der Waals surface area contributed by atoms with Gasteiger partial charge in [-0.25, -0.2) is 4.98 Å². The van der Waals surface area contributed by atoms with E-state index in [0.717, 1.165) is 29.1 Å². The molecule has 2 aromatic carbocycles. The van der Waals surface area contributed by atoms with Crippen molar-refractivity contribution in [2.24, 2.45) is 0 Å². The lowest BCUT2D eigenvalue weighted by Gasteiger charge is -2.09. The summed E-state index contributed by atoms with van der Waals surface area (Å²) in [6.07, 6.45) is 4.25. The summed E-state index contributed by atoms with van der Waals surface area (Å²) in [5, 5.41) is 15.3. The lowest BCUT2D eigenvalue weighted by Crippen LogP contribution is -2.13. The Kier molecular flexibility index (Phi) is 7.76. The number of hydrogen-bond acceptors (Lipinski definition) is 5. The third kappa shape index (κ3) is 6.13. The Morgan fingerprint density at radius 1 is 1.15 bits per heavy atom. The summed E-state index contributed by atoms with van der Waals surface area (Å²) in [4.78, 5) is 17.1. The maximum Gasteiger partial charge on any atom is 0.268 e. The van der Waals surface area contributed by atoms with Crippen molar-refractivity contribution in [1.29, 1.82) is 5.26 Å². The molecular weight excluding hydrogens is 468 g/mol. The lowest BCUT2D eigenvalue weighted by molar-refractivity contribution is -0.112. The molecule has 1 amide bonds. The molecule has 0 unspecified atom stereocenters. The molecule has 2 aromatic heterocycles. The highest BCUT2D eigenvalue weighted by Gasteiger charge is 2.13. The summed E-state index contributed by atoms with van der Waals surface area (Å²) in [5.41, 5.74) is 2.52. The van der Waals surface area contributed by atoms with Crippen molar-refractivity contribution in [3.8, 4) is 23.1 Å². The van der Waals surface area contributed by atoms with Gasteiger partial charge >= 0.3 is 0 Å². The summed E-state index contributed by atoms with van der Waals surface area (Å²) in [6, 6.07) is 22.7. The van der Waals surface area contributed by atoms with E-state index in [1.165, 1.54) is 11.3 Å². The van der Waals surface area contributed by atoms with Gasteiger partial charge in [-0.2, -0.15) is 5.26 Å². The molecule has 0 bridgehead atoms. The van der Waals surface area contributed by atoms with E-state index in [-0.39, 0.29) is 5.57 Å². The highest BCUT2D eigenvalue weighted by molar-refractivity contribution is 7.14. The SMILES string of the molecule is N#C/C(=C/c1cccn1CCCOc1ccc(Cl)cc1)C(=O)Nc1nc(-c2ccccc2)cs1. The number of nitrogens with one attached hydrogen (secondary N) is 1. The van der Waals surface area contributed by atoms with E-state index in [9.17, 15) is 10.1 Å². The maximum atomic E-state index is 12.7. The first kappa shape index (κ1) is 23.3. The standard InChI is InChI=1S/C26H21ClN4O2S/c27-21-9-11-23(12-10-21)33-15-5-14-31-13-4-8-22(31)16-20(17-28)25(32)30-26-29-24(18-34-26)19-6-2-1-3-7-19/h1-4,6-13,16,18H,5,14-15H2,(H,29,30,32)/b20-16-. The molecule has 6 nitrogen and oxygen atoms in total. The van der Waals surface area contributed by atoms with Gasteiger partial charge < -0.3 is 9.30 Å². The van der Waals surface area contributed by atoms with Crippen molar-refractivity contribution in [2.45, 2.75) is 13.0 Å². The molecule has 0 atom stereocenters. The molecule has 8 heteroatoms. The number of aryl methyl sites for hydroxylation is 1. The zero-order chi connectivity index (χ0) is 23.8. The van der Waals surface area contributed by atoms with Crippen LogP contribution >= 0.6 is 22.9 Å². The zero-order valence-corrected chi connectivity index (χ0v) is 19.7. The van der Waals surface area contributed by atoms with E-state index in [1.807, 2.05) is 76.8 Å². The van der Waals surface area contributed by atoms with Crippen LogP contribution in [0.4, 0.5) is 5.13 Å². The van der Waals surface area contributed by atoms with Gasteiger partial charge in [0.15, 0.2) is 5.13 Å². The average Bonchev–Trinajstić information content (AvgIpc) is 3.51. The van der Waals surface area contributed by atoms with Crippen LogP contribution in [0, 0.1) is 11.3 Å². The van der Waals surface area contributed by atoms with Crippen molar-refractivity contribution in [1.82, 2.24) is 9.55 Å². The van der Waals surface area contributed by atoms with E-state index in [1.54, 1.807) is 18.2 Å². The molecular formula is C26H21ClN4O2S. The summed E-state index contributed by atoms with van der Waals surface area (Å²) in [6.45, 7) is 1.21. The van der Waals surface area contributed by atoms with E-state index < -0.39 is 5.91 Å². The Balaban J connectivity index is 1.35. The summed E-state index contributed by atoms with van der Waals surface area (Å²) < 4.78 is 7.71. The second-order valence-corrected chi connectivity index (χ2v) is 8.60. The molecule has 0 radical (unpaired) electrons. The molecule has 0 spiro atoms. The number of rotatable bonds is 9. The molecule has 2 heterocycles. The summed E-state index contributed by atoms with van der Waals surface area (Å²) in [5.74, 6) is 0.272. The Labute approximate surface area is 206 Å². The lowest BCUT2D eigenvalue weighted by atomic mass is 10.2. The summed E-state index contributed by atoms with van der Waals surface area (Å²) >= 11 is 7.20. The number of halogens is 1. The van der Waals surface area contributed by atoms with Crippen LogP contribution in [-0.4, -0.2) is 22.1 Å². The molecule has 0 saturated carbocycles. The third-order valence-electron chi connectivity index (χ3n) is 4.94. The van der Waals surface area contributed by atoms with Crippen LogP contribution in [0.5, 0.6) is 5.75 Å². The van der Waals surface area contributed by atoms with Crippen molar-refractivity contribution >= 4 is 40.1 Å². The minimum absolute atomic E-state index is 0.00817.